The van der Waals surface area contributed by atoms with Crippen LogP contribution in [0.15, 0.2) is 0 Å². The Morgan fingerprint density at radius 3 is 2.06 bits per heavy atom. The second-order valence-electron chi connectivity index (χ2n) is 5.16. The lowest BCUT2D eigenvalue weighted by atomic mass is 9.82. The average Bonchev–Trinajstić information content (AvgIpc) is 2.30. The molecular formula is C13H28N2O. The van der Waals surface area contributed by atoms with Gasteiger partial charge in [0.2, 0.25) is 5.91 Å². The van der Waals surface area contributed by atoms with Gasteiger partial charge in [-0.3, -0.25) is 4.79 Å². The summed E-state index contributed by atoms with van der Waals surface area (Å²) in [6, 6.07) is 0. The van der Waals surface area contributed by atoms with E-state index >= 15 is 0 Å². The molecule has 1 atom stereocenters. The Bertz CT molecular complexity index is 202. The average molecular weight is 228 g/mol. The Morgan fingerprint density at radius 1 is 1.25 bits per heavy atom. The third-order valence-corrected chi connectivity index (χ3v) is 3.98. The normalized spacial score (nSPS) is 13.9. The lowest BCUT2D eigenvalue weighted by Gasteiger charge is -2.31. The molecule has 0 aliphatic carbocycles. The zero-order chi connectivity index (χ0) is 12.8. The minimum atomic E-state index is 0.0733. The van der Waals surface area contributed by atoms with Gasteiger partial charge in [0.25, 0.3) is 0 Å². The molecule has 0 aliphatic heterocycles. The number of hydrogen-bond donors (Lipinski definition) is 2. The predicted molar refractivity (Wildman–Crippen MR) is 69.1 cm³/mol. The topological polar surface area (TPSA) is 55.1 Å². The summed E-state index contributed by atoms with van der Waals surface area (Å²) in [5, 5.41) is 3.04. The second kappa shape index (κ2) is 6.89. The van der Waals surface area contributed by atoms with Crippen LogP contribution in [0.25, 0.3) is 0 Å². The van der Waals surface area contributed by atoms with E-state index in [1.165, 1.54) is 0 Å². The molecule has 3 N–H and O–H groups in total. The van der Waals surface area contributed by atoms with Crippen molar-refractivity contribution in [3.63, 3.8) is 0 Å². The van der Waals surface area contributed by atoms with Crippen molar-refractivity contribution in [1.82, 2.24) is 5.32 Å². The van der Waals surface area contributed by atoms with Crippen LogP contribution in [0.2, 0.25) is 0 Å². The maximum atomic E-state index is 11.8. The highest BCUT2D eigenvalue weighted by atomic mass is 16.1. The van der Waals surface area contributed by atoms with Gasteiger partial charge in [-0.25, -0.2) is 0 Å². The Hall–Kier alpha value is -0.570. The van der Waals surface area contributed by atoms with Crippen molar-refractivity contribution in [2.45, 2.75) is 47.5 Å². The summed E-state index contributed by atoms with van der Waals surface area (Å²) in [5.41, 5.74) is 5.88. The molecule has 0 bridgehead atoms. The van der Waals surface area contributed by atoms with Gasteiger partial charge in [0.15, 0.2) is 0 Å². The maximum absolute atomic E-state index is 11.8. The van der Waals surface area contributed by atoms with E-state index in [2.05, 4.69) is 33.0 Å². The van der Waals surface area contributed by atoms with E-state index in [9.17, 15) is 4.79 Å². The third-order valence-electron chi connectivity index (χ3n) is 3.98. The Balaban J connectivity index is 4.26. The smallest absolute Gasteiger partial charge is 0.223 e. The lowest BCUT2D eigenvalue weighted by molar-refractivity contribution is -0.126. The molecule has 0 aromatic rings. The first-order chi connectivity index (χ1) is 7.42. The molecule has 0 fully saturated rings. The van der Waals surface area contributed by atoms with E-state index in [4.69, 9.17) is 5.73 Å². The van der Waals surface area contributed by atoms with Gasteiger partial charge in [0.05, 0.1) is 0 Å². The fourth-order valence-corrected chi connectivity index (χ4v) is 1.60. The SMILES string of the molecule is CCC(CC)(CN)CNC(=O)C(C)C(C)C. The molecule has 1 amide bonds. The summed E-state index contributed by atoms with van der Waals surface area (Å²) in [5.74, 6) is 0.606. The van der Waals surface area contributed by atoms with E-state index < -0.39 is 0 Å². The van der Waals surface area contributed by atoms with Gasteiger partial charge < -0.3 is 11.1 Å². The number of nitrogens with one attached hydrogen (secondary N) is 1. The van der Waals surface area contributed by atoms with Gasteiger partial charge in [-0.05, 0) is 30.7 Å². The highest BCUT2D eigenvalue weighted by Gasteiger charge is 2.26. The summed E-state index contributed by atoms with van der Waals surface area (Å²) >= 11 is 0. The zero-order valence-corrected chi connectivity index (χ0v) is 11.5. The minimum absolute atomic E-state index is 0.0733. The molecule has 0 aromatic heterocycles. The van der Waals surface area contributed by atoms with E-state index in [1.807, 2.05) is 6.92 Å². The minimum Gasteiger partial charge on any atom is -0.355 e. The molecule has 0 heterocycles. The number of hydrogen-bond acceptors (Lipinski definition) is 2. The largest absolute Gasteiger partial charge is 0.355 e. The van der Waals surface area contributed by atoms with Crippen molar-refractivity contribution < 1.29 is 4.79 Å². The summed E-state index contributed by atoms with van der Waals surface area (Å²) in [4.78, 5) is 11.8. The second-order valence-corrected chi connectivity index (χ2v) is 5.16. The third kappa shape index (κ3) is 4.12. The molecule has 0 saturated heterocycles. The number of nitrogens with two attached hydrogens (primary N) is 1. The monoisotopic (exact) mass is 228 g/mol. The molecule has 3 nitrogen and oxygen atoms in total. The number of carbonyl (C=O) groups excluding carboxylic acids is 1. The molecule has 16 heavy (non-hydrogen) atoms. The molecule has 96 valence electrons. The van der Waals surface area contributed by atoms with Gasteiger partial charge in [-0.2, -0.15) is 0 Å². The maximum Gasteiger partial charge on any atom is 0.223 e. The van der Waals surface area contributed by atoms with Crippen LogP contribution in [0.3, 0.4) is 0 Å². The molecule has 0 rings (SSSR count). The highest BCUT2D eigenvalue weighted by Crippen LogP contribution is 2.23. The summed E-state index contributed by atoms with van der Waals surface area (Å²) < 4.78 is 0. The molecule has 0 radical (unpaired) electrons. The van der Waals surface area contributed by atoms with Crippen molar-refractivity contribution in [1.29, 1.82) is 0 Å². The van der Waals surface area contributed by atoms with Crippen LogP contribution in [0.5, 0.6) is 0 Å². The van der Waals surface area contributed by atoms with E-state index in [1.54, 1.807) is 0 Å². The standard InChI is InChI=1S/C13H28N2O/c1-6-13(7-2,8-14)9-15-12(16)11(5)10(3)4/h10-11H,6-9,14H2,1-5H3,(H,15,16). The molecule has 3 heteroatoms. The van der Waals surface area contributed by atoms with Crippen molar-refractivity contribution in [3.8, 4) is 0 Å². The van der Waals surface area contributed by atoms with Crippen molar-refractivity contribution in [2.24, 2.45) is 23.0 Å². The van der Waals surface area contributed by atoms with Crippen LogP contribution in [-0.4, -0.2) is 19.0 Å². The van der Waals surface area contributed by atoms with E-state index in [0.29, 0.717) is 19.0 Å². The Kier molecular flexibility index (Phi) is 6.65. The lowest BCUT2D eigenvalue weighted by Crippen LogP contribution is -2.43. The van der Waals surface area contributed by atoms with Crippen LogP contribution in [0.1, 0.15) is 47.5 Å². The number of rotatable bonds is 7. The van der Waals surface area contributed by atoms with Gasteiger partial charge in [-0.15, -0.1) is 0 Å². The summed E-state index contributed by atoms with van der Waals surface area (Å²) in [6.45, 7) is 11.7. The Labute approximate surface area is 100 Å². The van der Waals surface area contributed by atoms with Crippen LogP contribution in [0, 0.1) is 17.3 Å². The van der Waals surface area contributed by atoms with E-state index in [0.717, 1.165) is 12.8 Å². The van der Waals surface area contributed by atoms with Crippen LogP contribution < -0.4 is 11.1 Å². The van der Waals surface area contributed by atoms with Crippen LogP contribution >= 0.6 is 0 Å². The van der Waals surface area contributed by atoms with E-state index in [-0.39, 0.29) is 17.2 Å². The predicted octanol–water partition coefficient (Wildman–Crippen LogP) is 2.16. The Morgan fingerprint density at radius 2 is 1.75 bits per heavy atom. The molecule has 1 unspecified atom stereocenters. The van der Waals surface area contributed by atoms with Crippen LogP contribution in [0.4, 0.5) is 0 Å². The van der Waals surface area contributed by atoms with Gasteiger partial charge in [0.1, 0.15) is 0 Å². The first kappa shape index (κ1) is 15.4. The number of amides is 1. The highest BCUT2D eigenvalue weighted by molar-refractivity contribution is 5.78. The quantitative estimate of drug-likeness (QED) is 0.701. The van der Waals surface area contributed by atoms with Crippen molar-refractivity contribution in [2.75, 3.05) is 13.1 Å². The fourth-order valence-electron chi connectivity index (χ4n) is 1.60. The molecule has 0 aliphatic rings. The summed E-state index contributed by atoms with van der Waals surface area (Å²) in [7, 11) is 0. The fraction of sp³-hybridized carbons (Fsp3) is 0.923. The van der Waals surface area contributed by atoms with Gasteiger partial charge in [0, 0.05) is 12.5 Å². The van der Waals surface area contributed by atoms with Crippen molar-refractivity contribution in [3.05, 3.63) is 0 Å². The number of carbonyl (C=O) groups is 1. The van der Waals surface area contributed by atoms with Gasteiger partial charge in [-0.1, -0.05) is 34.6 Å². The zero-order valence-electron chi connectivity index (χ0n) is 11.5. The molecule has 0 aromatic carbocycles. The summed E-state index contributed by atoms with van der Waals surface area (Å²) in [6.07, 6.45) is 2.02. The molecular weight excluding hydrogens is 200 g/mol. The molecule has 0 saturated carbocycles. The van der Waals surface area contributed by atoms with Crippen molar-refractivity contribution >= 4 is 5.91 Å². The van der Waals surface area contributed by atoms with Gasteiger partial charge >= 0.3 is 0 Å². The first-order valence-electron chi connectivity index (χ1n) is 6.40. The first-order valence-corrected chi connectivity index (χ1v) is 6.40. The van der Waals surface area contributed by atoms with Crippen LogP contribution in [-0.2, 0) is 4.79 Å². The molecule has 0 spiro atoms.